The minimum absolute atomic E-state index is 0.0111. The fourth-order valence-electron chi connectivity index (χ4n) is 4.53. The molecule has 0 bridgehead atoms. The quantitative estimate of drug-likeness (QED) is 0.768. The lowest BCUT2D eigenvalue weighted by Crippen LogP contribution is -2.38. The van der Waals surface area contributed by atoms with E-state index in [1.165, 1.54) is 0 Å². The second-order valence-electron chi connectivity index (χ2n) is 7.65. The Bertz CT molecular complexity index is 685. The molecule has 1 saturated carbocycles. The predicted octanol–water partition coefficient (Wildman–Crippen LogP) is 2.42. The molecule has 2 amide bonds. The number of methoxy groups -OCH3 is 1. The van der Waals surface area contributed by atoms with Crippen LogP contribution in [0.1, 0.15) is 57.1 Å². The molecule has 0 radical (unpaired) electrons. The van der Waals surface area contributed by atoms with Crippen molar-refractivity contribution in [3.05, 3.63) is 29.8 Å². The van der Waals surface area contributed by atoms with E-state index in [0.717, 1.165) is 31.2 Å². The highest BCUT2D eigenvalue weighted by atomic mass is 16.5. The van der Waals surface area contributed by atoms with Crippen LogP contribution in [0.5, 0.6) is 5.75 Å². The van der Waals surface area contributed by atoms with Crippen molar-refractivity contribution < 1.29 is 19.4 Å². The monoisotopic (exact) mass is 374 g/mol. The van der Waals surface area contributed by atoms with Gasteiger partial charge in [-0.15, -0.1) is 0 Å². The molecule has 2 atom stereocenters. The molecule has 0 spiro atoms. The average molecular weight is 374 g/mol. The molecule has 6 heteroatoms. The number of amides is 2. The van der Waals surface area contributed by atoms with Crippen LogP contribution in [0.3, 0.4) is 0 Å². The zero-order valence-electron chi connectivity index (χ0n) is 16.2. The van der Waals surface area contributed by atoms with Gasteiger partial charge in [0.15, 0.2) is 0 Å². The number of carbonyl (C=O) groups excluding carboxylic acids is 2. The third kappa shape index (κ3) is 4.10. The molecular formula is C21H30N2O4. The molecule has 6 nitrogen and oxygen atoms in total. The van der Waals surface area contributed by atoms with Crippen molar-refractivity contribution in [1.82, 2.24) is 10.2 Å². The summed E-state index contributed by atoms with van der Waals surface area (Å²) < 4.78 is 5.47. The molecule has 2 N–H and O–H groups in total. The van der Waals surface area contributed by atoms with Crippen molar-refractivity contribution in [2.24, 2.45) is 5.92 Å². The molecule has 1 aliphatic carbocycles. The summed E-state index contributed by atoms with van der Waals surface area (Å²) in [5, 5.41) is 13.4. The van der Waals surface area contributed by atoms with Crippen molar-refractivity contribution in [2.45, 2.75) is 57.1 Å². The normalized spacial score (nSPS) is 24.3. The molecule has 1 aliphatic heterocycles. The molecule has 0 aromatic heterocycles. The standard InChI is InChI=1S/C21H30N2O4/c1-3-23-18(24)14-16(19(23)15-8-4-5-9-17(15)27-2)20(25)22-13-12-21(26)10-6-7-11-21/h4-5,8-9,16,19,26H,3,6-7,10-14H2,1-2H3,(H,22,25)/t16-,19+/m1/s1. The summed E-state index contributed by atoms with van der Waals surface area (Å²) in [6.07, 6.45) is 4.46. The Labute approximate surface area is 160 Å². The molecule has 0 unspecified atom stereocenters. The maximum Gasteiger partial charge on any atom is 0.226 e. The van der Waals surface area contributed by atoms with Crippen molar-refractivity contribution in [1.29, 1.82) is 0 Å². The number of carbonyl (C=O) groups is 2. The van der Waals surface area contributed by atoms with Crippen LogP contribution in [0, 0.1) is 5.92 Å². The maximum atomic E-state index is 12.9. The van der Waals surface area contributed by atoms with Crippen LogP contribution in [0.2, 0.25) is 0 Å². The number of likely N-dealkylation sites (tertiary alicyclic amines) is 1. The van der Waals surface area contributed by atoms with E-state index < -0.39 is 11.5 Å². The van der Waals surface area contributed by atoms with Crippen molar-refractivity contribution in [3.63, 3.8) is 0 Å². The van der Waals surface area contributed by atoms with E-state index in [9.17, 15) is 14.7 Å². The molecule has 2 fully saturated rings. The van der Waals surface area contributed by atoms with E-state index in [4.69, 9.17) is 4.74 Å². The molecule has 1 aromatic rings. The Balaban J connectivity index is 1.73. The summed E-state index contributed by atoms with van der Waals surface area (Å²) in [5.74, 6) is 0.0977. The predicted molar refractivity (Wildman–Crippen MR) is 102 cm³/mol. The van der Waals surface area contributed by atoms with E-state index in [-0.39, 0.29) is 24.3 Å². The number of rotatable bonds is 7. The van der Waals surface area contributed by atoms with Gasteiger partial charge >= 0.3 is 0 Å². The first-order chi connectivity index (χ1) is 13.0. The van der Waals surface area contributed by atoms with Gasteiger partial charge in [0.05, 0.1) is 24.7 Å². The van der Waals surface area contributed by atoms with E-state index in [0.29, 0.717) is 25.3 Å². The highest BCUT2D eigenvalue weighted by molar-refractivity contribution is 5.90. The van der Waals surface area contributed by atoms with Gasteiger partial charge in [-0.1, -0.05) is 31.0 Å². The average Bonchev–Trinajstić information content (AvgIpc) is 3.24. The first-order valence-electron chi connectivity index (χ1n) is 9.91. The Morgan fingerprint density at radius 3 is 2.70 bits per heavy atom. The second-order valence-corrected chi connectivity index (χ2v) is 7.65. The second kappa shape index (κ2) is 8.30. The first-order valence-corrected chi connectivity index (χ1v) is 9.91. The highest BCUT2D eigenvalue weighted by Gasteiger charge is 2.44. The molecule has 1 aromatic carbocycles. The van der Waals surface area contributed by atoms with Gasteiger partial charge in [0.25, 0.3) is 0 Å². The smallest absolute Gasteiger partial charge is 0.226 e. The van der Waals surface area contributed by atoms with E-state index in [1.807, 2.05) is 31.2 Å². The third-order valence-electron chi connectivity index (χ3n) is 5.99. The third-order valence-corrected chi connectivity index (χ3v) is 5.99. The van der Waals surface area contributed by atoms with Gasteiger partial charge < -0.3 is 20.1 Å². The molecule has 2 aliphatic rings. The topological polar surface area (TPSA) is 78.9 Å². The number of para-hydroxylation sites is 1. The molecule has 27 heavy (non-hydrogen) atoms. The van der Waals surface area contributed by atoms with Crippen molar-refractivity contribution in [2.75, 3.05) is 20.2 Å². The van der Waals surface area contributed by atoms with Gasteiger partial charge in [-0.05, 0) is 32.3 Å². The van der Waals surface area contributed by atoms with Crippen LogP contribution in [0.25, 0.3) is 0 Å². The van der Waals surface area contributed by atoms with Gasteiger partial charge in [0, 0.05) is 25.1 Å². The zero-order valence-corrected chi connectivity index (χ0v) is 16.2. The number of hydrogen-bond donors (Lipinski definition) is 2. The lowest BCUT2D eigenvalue weighted by atomic mass is 9.91. The number of aliphatic hydroxyl groups is 1. The Morgan fingerprint density at radius 1 is 1.33 bits per heavy atom. The molecule has 3 rings (SSSR count). The van der Waals surface area contributed by atoms with Gasteiger partial charge in [-0.2, -0.15) is 0 Å². The lowest BCUT2D eigenvalue weighted by molar-refractivity contribution is -0.129. The summed E-state index contributed by atoms with van der Waals surface area (Å²) in [4.78, 5) is 27.2. The molecule has 1 saturated heterocycles. The molecule has 148 valence electrons. The SMILES string of the molecule is CCN1C(=O)C[C@@H](C(=O)NCCC2(O)CCCC2)[C@@H]1c1ccccc1OC. The van der Waals surface area contributed by atoms with Crippen LogP contribution in [0.15, 0.2) is 24.3 Å². The minimum Gasteiger partial charge on any atom is -0.496 e. The van der Waals surface area contributed by atoms with Crippen LogP contribution >= 0.6 is 0 Å². The summed E-state index contributed by atoms with van der Waals surface area (Å²) in [5.41, 5.74) is 0.221. The highest BCUT2D eigenvalue weighted by Crippen LogP contribution is 2.41. The van der Waals surface area contributed by atoms with Crippen LogP contribution < -0.4 is 10.1 Å². The van der Waals surface area contributed by atoms with Gasteiger partial charge in [-0.3, -0.25) is 9.59 Å². The van der Waals surface area contributed by atoms with E-state index >= 15 is 0 Å². The van der Waals surface area contributed by atoms with E-state index in [2.05, 4.69) is 5.32 Å². The number of hydrogen-bond acceptors (Lipinski definition) is 4. The number of nitrogens with one attached hydrogen (secondary N) is 1. The minimum atomic E-state index is -0.643. The Kier molecular flexibility index (Phi) is 6.05. The Hall–Kier alpha value is -2.08. The Morgan fingerprint density at radius 2 is 2.04 bits per heavy atom. The van der Waals surface area contributed by atoms with Crippen LogP contribution in [-0.2, 0) is 9.59 Å². The maximum absolute atomic E-state index is 12.9. The zero-order chi connectivity index (χ0) is 19.4. The fourth-order valence-corrected chi connectivity index (χ4v) is 4.53. The number of nitrogens with zero attached hydrogens (tertiary/aromatic N) is 1. The lowest BCUT2D eigenvalue weighted by Gasteiger charge is -2.29. The van der Waals surface area contributed by atoms with Crippen molar-refractivity contribution >= 4 is 11.8 Å². The largest absolute Gasteiger partial charge is 0.496 e. The van der Waals surface area contributed by atoms with Crippen LogP contribution in [-0.4, -0.2) is 47.6 Å². The first kappa shape index (κ1) is 19.7. The number of benzene rings is 1. The van der Waals surface area contributed by atoms with Gasteiger partial charge in [-0.25, -0.2) is 0 Å². The van der Waals surface area contributed by atoms with Crippen LogP contribution in [0.4, 0.5) is 0 Å². The number of ether oxygens (including phenoxy) is 1. The molecule has 1 heterocycles. The summed E-state index contributed by atoms with van der Waals surface area (Å²) >= 11 is 0. The van der Waals surface area contributed by atoms with Crippen molar-refractivity contribution in [3.8, 4) is 5.75 Å². The van der Waals surface area contributed by atoms with Gasteiger partial charge in [0.2, 0.25) is 11.8 Å². The van der Waals surface area contributed by atoms with E-state index in [1.54, 1.807) is 12.0 Å². The fraction of sp³-hybridized carbons (Fsp3) is 0.619. The molecular weight excluding hydrogens is 344 g/mol. The summed E-state index contributed by atoms with van der Waals surface area (Å²) in [7, 11) is 1.60. The van der Waals surface area contributed by atoms with Gasteiger partial charge in [0.1, 0.15) is 5.75 Å². The summed E-state index contributed by atoms with van der Waals surface area (Å²) in [6, 6.07) is 7.24. The summed E-state index contributed by atoms with van der Waals surface area (Å²) in [6.45, 7) is 2.91.